The van der Waals surface area contributed by atoms with Crippen LogP contribution in [0.1, 0.15) is 23.9 Å². The summed E-state index contributed by atoms with van der Waals surface area (Å²) in [5, 5.41) is 3.19. The summed E-state index contributed by atoms with van der Waals surface area (Å²) in [6, 6.07) is 5.39. The average molecular weight is 359 g/mol. The summed E-state index contributed by atoms with van der Waals surface area (Å²) in [7, 11) is 0. The smallest absolute Gasteiger partial charge is 0.237 e. The molecular weight excluding hydrogens is 338 g/mol. The van der Waals surface area contributed by atoms with Crippen molar-refractivity contribution in [3.8, 4) is 11.5 Å². The highest BCUT2D eigenvalue weighted by Crippen LogP contribution is 2.33. The number of fused-ring (bicyclic) bond motifs is 1. The van der Waals surface area contributed by atoms with Crippen molar-refractivity contribution in [3.63, 3.8) is 0 Å². The molecular formula is C18H21N3O3S. The normalized spacial score (nSPS) is 14.1. The summed E-state index contributed by atoms with van der Waals surface area (Å²) < 4.78 is 11.0. The maximum absolute atomic E-state index is 12.5. The second kappa shape index (κ2) is 7.31. The van der Waals surface area contributed by atoms with E-state index >= 15 is 0 Å². The molecule has 0 fully saturated rings. The number of amides is 1. The lowest BCUT2D eigenvalue weighted by atomic mass is 10.2. The lowest BCUT2D eigenvalue weighted by Gasteiger charge is -2.19. The highest BCUT2D eigenvalue weighted by atomic mass is 32.2. The largest absolute Gasteiger partial charge is 0.486 e. The first-order valence-electron chi connectivity index (χ1n) is 8.13. The van der Waals surface area contributed by atoms with E-state index in [1.807, 2.05) is 27.7 Å². The Balaban J connectivity index is 1.67. The third-order valence-electron chi connectivity index (χ3n) is 4.07. The number of hydrogen-bond acceptors (Lipinski definition) is 6. The quantitative estimate of drug-likeness (QED) is 0.667. The van der Waals surface area contributed by atoms with Crippen molar-refractivity contribution in [2.45, 2.75) is 38.1 Å². The highest BCUT2D eigenvalue weighted by Gasteiger charge is 2.19. The van der Waals surface area contributed by atoms with Gasteiger partial charge in [0.1, 0.15) is 13.2 Å². The summed E-state index contributed by atoms with van der Waals surface area (Å²) in [5.74, 6) is 1.24. The minimum atomic E-state index is -0.324. The average Bonchev–Trinajstić information content (AvgIpc) is 2.59. The zero-order valence-corrected chi connectivity index (χ0v) is 15.6. The molecule has 0 saturated carbocycles. The van der Waals surface area contributed by atoms with Crippen LogP contribution >= 0.6 is 11.8 Å². The molecule has 1 atom stereocenters. The number of ether oxygens (including phenoxy) is 2. The summed E-state index contributed by atoms with van der Waals surface area (Å²) in [5.41, 5.74) is 3.64. The molecule has 2 heterocycles. The molecule has 7 heteroatoms. The van der Waals surface area contributed by atoms with Gasteiger partial charge in [0.05, 0.1) is 5.25 Å². The number of aryl methyl sites for hydroxylation is 2. The molecule has 1 aliphatic heterocycles. The van der Waals surface area contributed by atoms with Crippen molar-refractivity contribution in [3.05, 3.63) is 35.2 Å². The lowest BCUT2D eigenvalue weighted by molar-refractivity contribution is -0.115. The molecule has 3 rings (SSSR count). The van der Waals surface area contributed by atoms with Crippen LogP contribution in [0.15, 0.2) is 23.4 Å². The second-order valence-electron chi connectivity index (χ2n) is 5.91. The van der Waals surface area contributed by atoms with Crippen molar-refractivity contribution in [1.29, 1.82) is 0 Å². The van der Waals surface area contributed by atoms with E-state index in [1.165, 1.54) is 11.8 Å². The molecule has 1 N–H and O–H groups in total. The van der Waals surface area contributed by atoms with Crippen LogP contribution in [-0.2, 0) is 4.79 Å². The van der Waals surface area contributed by atoms with E-state index in [-0.39, 0.29) is 11.2 Å². The molecule has 1 amide bonds. The van der Waals surface area contributed by atoms with Gasteiger partial charge < -0.3 is 14.8 Å². The van der Waals surface area contributed by atoms with E-state index in [0.29, 0.717) is 35.6 Å². The summed E-state index contributed by atoms with van der Waals surface area (Å²) >= 11 is 1.35. The van der Waals surface area contributed by atoms with Crippen LogP contribution in [0, 0.1) is 20.8 Å². The zero-order valence-electron chi connectivity index (χ0n) is 14.8. The highest BCUT2D eigenvalue weighted by molar-refractivity contribution is 8.00. The standard InChI is InChI=1S/C18H21N3O3S/c1-10-11(2)19-18(20-12(10)3)25-13(4)17(22)21-14-5-6-15-16(9-14)24-8-7-23-15/h5-6,9,13H,7-8H2,1-4H3,(H,21,22)/t13-/m1/s1. The van der Waals surface area contributed by atoms with E-state index in [9.17, 15) is 4.79 Å². The zero-order chi connectivity index (χ0) is 18.0. The fourth-order valence-electron chi connectivity index (χ4n) is 2.37. The third kappa shape index (κ3) is 4.04. The number of benzene rings is 1. The molecule has 0 saturated heterocycles. The number of hydrogen-bond donors (Lipinski definition) is 1. The fraction of sp³-hybridized carbons (Fsp3) is 0.389. The van der Waals surface area contributed by atoms with Crippen molar-refractivity contribution in [2.24, 2.45) is 0 Å². The minimum Gasteiger partial charge on any atom is -0.486 e. The van der Waals surface area contributed by atoms with Gasteiger partial charge in [0.2, 0.25) is 5.91 Å². The molecule has 132 valence electrons. The molecule has 0 aliphatic carbocycles. The number of rotatable bonds is 4. The van der Waals surface area contributed by atoms with Crippen LogP contribution in [-0.4, -0.2) is 34.3 Å². The topological polar surface area (TPSA) is 73.3 Å². The van der Waals surface area contributed by atoms with Crippen LogP contribution in [0.5, 0.6) is 11.5 Å². The summed E-state index contributed by atoms with van der Waals surface area (Å²) in [4.78, 5) is 21.4. The molecule has 0 bridgehead atoms. The maximum atomic E-state index is 12.5. The predicted molar refractivity (Wildman–Crippen MR) is 97.6 cm³/mol. The second-order valence-corrected chi connectivity index (χ2v) is 7.22. The van der Waals surface area contributed by atoms with E-state index < -0.39 is 0 Å². The van der Waals surface area contributed by atoms with Gasteiger partial charge in [0.15, 0.2) is 16.7 Å². The minimum absolute atomic E-state index is 0.110. The third-order valence-corrected chi connectivity index (χ3v) is 5.03. The Kier molecular flexibility index (Phi) is 5.13. The van der Waals surface area contributed by atoms with Crippen molar-refractivity contribution >= 4 is 23.4 Å². The molecule has 6 nitrogen and oxygen atoms in total. The van der Waals surface area contributed by atoms with Gasteiger partial charge in [-0.2, -0.15) is 0 Å². The molecule has 2 aromatic rings. The Morgan fingerprint density at radius 1 is 1.12 bits per heavy atom. The SMILES string of the molecule is Cc1nc(S[C@H](C)C(=O)Nc2ccc3c(c2)OCCO3)nc(C)c1C. The van der Waals surface area contributed by atoms with Crippen LogP contribution in [0.4, 0.5) is 5.69 Å². The van der Waals surface area contributed by atoms with Gasteiger partial charge in [-0.3, -0.25) is 4.79 Å². The van der Waals surface area contributed by atoms with Gasteiger partial charge in [-0.15, -0.1) is 0 Å². The number of anilines is 1. The first kappa shape index (κ1) is 17.5. The van der Waals surface area contributed by atoms with Gasteiger partial charge in [-0.05, 0) is 45.4 Å². The first-order chi connectivity index (χ1) is 11.9. The Morgan fingerprint density at radius 2 is 1.76 bits per heavy atom. The Labute approximate surface area is 151 Å². The first-order valence-corrected chi connectivity index (χ1v) is 9.01. The molecule has 1 aromatic carbocycles. The van der Waals surface area contributed by atoms with Crippen LogP contribution in [0.2, 0.25) is 0 Å². The Bertz CT molecular complexity index is 787. The molecule has 0 spiro atoms. The number of nitrogens with one attached hydrogen (secondary N) is 1. The fourth-order valence-corrected chi connectivity index (χ4v) is 3.23. The van der Waals surface area contributed by atoms with Crippen molar-refractivity contribution in [2.75, 3.05) is 18.5 Å². The molecule has 25 heavy (non-hydrogen) atoms. The van der Waals surface area contributed by atoms with Gasteiger partial charge in [0.25, 0.3) is 0 Å². The van der Waals surface area contributed by atoms with E-state index in [4.69, 9.17) is 9.47 Å². The van der Waals surface area contributed by atoms with Gasteiger partial charge in [-0.25, -0.2) is 9.97 Å². The van der Waals surface area contributed by atoms with E-state index in [2.05, 4.69) is 15.3 Å². The van der Waals surface area contributed by atoms with Crippen LogP contribution < -0.4 is 14.8 Å². The van der Waals surface area contributed by atoms with Gasteiger partial charge in [-0.1, -0.05) is 11.8 Å². The maximum Gasteiger partial charge on any atom is 0.237 e. The molecule has 1 aromatic heterocycles. The lowest BCUT2D eigenvalue weighted by Crippen LogP contribution is -2.23. The summed E-state index contributed by atoms with van der Waals surface area (Å²) in [6.45, 7) is 8.80. The van der Waals surface area contributed by atoms with E-state index in [1.54, 1.807) is 18.2 Å². The Hall–Kier alpha value is -2.28. The number of aromatic nitrogens is 2. The Morgan fingerprint density at radius 3 is 2.44 bits per heavy atom. The van der Waals surface area contributed by atoms with Crippen molar-refractivity contribution < 1.29 is 14.3 Å². The molecule has 0 unspecified atom stereocenters. The number of nitrogens with zero attached hydrogens (tertiary/aromatic N) is 2. The molecule has 0 radical (unpaired) electrons. The monoisotopic (exact) mass is 359 g/mol. The number of carbonyl (C=O) groups is 1. The number of carbonyl (C=O) groups excluding carboxylic acids is 1. The molecule has 1 aliphatic rings. The van der Waals surface area contributed by atoms with Crippen molar-refractivity contribution in [1.82, 2.24) is 9.97 Å². The predicted octanol–water partition coefficient (Wildman–Crippen LogP) is 3.29. The van der Waals surface area contributed by atoms with E-state index in [0.717, 1.165) is 17.0 Å². The number of thioether (sulfide) groups is 1. The van der Waals surface area contributed by atoms with Gasteiger partial charge in [0, 0.05) is 23.1 Å². The van der Waals surface area contributed by atoms with Crippen LogP contribution in [0.3, 0.4) is 0 Å². The van der Waals surface area contributed by atoms with Crippen LogP contribution in [0.25, 0.3) is 0 Å². The summed E-state index contributed by atoms with van der Waals surface area (Å²) in [6.07, 6.45) is 0. The van der Waals surface area contributed by atoms with Gasteiger partial charge >= 0.3 is 0 Å².